The predicted molar refractivity (Wildman–Crippen MR) is 78.7 cm³/mol. The average Bonchev–Trinajstić information content (AvgIpc) is 2.48. The molecule has 0 unspecified atom stereocenters. The second kappa shape index (κ2) is 8.04. The minimum absolute atomic E-state index is 0.216. The summed E-state index contributed by atoms with van der Waals surface area (Å²) in [4.78, 5) is 35.9. The Morgan fingerprint density at radius 2 is 1.81 bits per heavy atom. The molecule has 1 aromatic rings. The molecule has 0 saturated carbocycles. The highest BCUT2D eigenvalue weighted by Gasteiger charge is 2.18. The number of likely N-dealkylation sites (N-methyl/N-ethyl adjacent to an activating group) is 1. The van der Waals surface area contributed by atoms with Crippen LogP contribution in [0.25, 0.3) is 0 Å². The fourth-order valence-electron chi connectivity index (χ4n) is 1.66. The molecule has 0 bridgehead atoms. The van der Waals surface area contributed by atoms with E-state index in [1.54, 1.807) is 12.1 Å². The number of hydrogen-bond acceptors (Lipinski definition) is 4. The minimum atomic E-state index is -0.695. The van der Waals surface area contributed by atoms with Gasteiger partial charge >= 0.3 is 17.8 Å². The van der Waals surface area contributed by atoms with Crippen LogP contribution in [0, 0.1) is 6.92 Å². The third-order valence-corrected chi connectivity index (χ3v) is 2.95. The highest BCUT2D eigenvalue weighted by Crippen LogP contribution is 2.08. The number of nitrogens with zero attached hydrogens (tertiary/aromatic N) is 1. The van der Waals surface area contributed by atoms with Crippen molar-refractivity contribution >= 4 is 23.5 Å². The molecule has 1 N–H and O–H groups in total. The lowest BCUT2D eigenvalue weighted by Crippen LogP contribution is -2.37. The van der Waals surface area contributed by atoms with Gasteiger partial charge in [0.1, 0.15) is 0 Å². The van der Waals surface area contributed by atoms with Crippen molar-refractivity contribution in [3.05, 3.63) is 29.8 Å². The van der Waals surface area contributed by atoms with Crippen LogP contribution in [0.2, 0.25) is 0 Å². The number of anilines is 1. The number of carbonyl (C=O) groups excluding carboxylic acids is 3. The van der Waals surface area contributed by atoms with E-state index in [1.807, 2.05) is 19.1 Å². The zero-order chi connectivity index (χ0) is 15.8. The number of ether oxygens (including phenoxy) is 1. The Morgan fingerprint density at radius 3 is 2.38 bits per heavy atom. The van der Waals surface area contributed by atoms with Gasteiger partial charge in [-0.15, -0.1) is 0 Å². The van der Waals surface area contributed by atoms with Gasteiger partial charge in [-0.05, 0) is 25.5 Å². The van der Waals surface area contributed by atoms with E-state index in [0.717, 1.165) is 5.56 Å². The molecule has 0 fully saturated rings. The second-order valence-corrected chi connectivity index (χ2v) is 4.73. The van der Waals surface area contributed by atoms with Gasteiger partial charge in [-0.2, -0.15) is 0 Å². The molecule has 0 spiro atoms. The Kier molecular flexibility index (Phi) is 6.39. The molecule has 114 valence electrons. The van der Waals surface area contributed by atoms with Gasteiger partial charge in [0.25, 0.3) is 0 Å². The Bertz CT molecular complexity index is 511. The van der Waals surface area contributed by atoms with Crippen LogP contribution < -0.4 is 5.32 Å². The number of methoxy groups -OCH3 is 1. The molecular weight excluding hydrogens is 272 g/mol. The van der Waals surface area contributed by atoms with Gasteiger partial charge < -0.3 is 15.0 Å². The van der Waals surface area contributed by atoms with Crippen molar-refractivity contribution in [2.24, 2.45) is 0 Å². The van der Waals surface area contributed by atoms with E-state index in [4.69, 9.17) is 0 Å². The molecule has 0 heterocycles. The van der Waals surface area contributed by atoms with E-state index < -0.39 is 11.8 Å². The normalized spacial score (nSPS) is 9.86. The molecule has 6 heteroatoms. The lowest BCUT2D eigenvalue weighted by Gasteiger charge is -2.16. The van der Waals surface area contributed by atoms with Crippen LogP contribution in [0.3, 0.4) is 0 Å². The number of amides is 2. The van der Waals surface area contributed by atoms with E-state index >= 15 is 0 Å². The van der Waals surface area contributed by atoms with Crippen molar-refractivity contribution in [3.63, 3.8) is 0 Å². The number of esters is 1. The van der Waals surface area contributed by atoms with Crippen molar-refractivity contribution in [3.8, 4) is 0 Å². The number of aryl methyl sites for hydroxylation is 1. The second-order valence-electron chi connectivity index (χ2n) is 4.73. The van der Waals surface area contributed by atoms with Crippen LogP contribution in [0.5, 0.6) is 0 Å². The maximum atomic E-state index is 11.9. The Hall–Kier alpha value is -2.37. The fourth-order valence-corrected chi connectivity index (χ4v) is 1.66. The summed E-state index contributed by atoms with van der Waals surface area (Å²) in [5, 5.41) is 2.54. The number of benzene rings is 1. The van der Waals surface area contributed by atoms with Gasteiger partial charge in [0.05, 0.1) is 7.11 Å². The predicted octanol–water partition coefficient (Wildman–Crippen LogP) is 1.35. The van der Waals surface area contributed by atoms with Crippen LogP contribution in [0.15, 0.2) is 24.3 Å². The summed E-state index contributed by atoms with van der Waals surface area (Å²) in [5.41, 5.74) is 1.64. The fraction of sp³-hybridized carbons (Fsp3) is 0.400. The van der Waals surface area contributed by atoms with E-state index in [1.165, 1.54) is 19.1 Å². The highest BCUT2D eigenvalue weighted by molar-refractivity contribution is 6.39. The summed E-state index contributed by atoms with van der Waals surface area (Å²) in [5.74, 6) is -1.67. The SMILES string of the molecule is COC(=O)CCCN(C)C(=O)C(=O)Nc1ccc(C)cc1. The lowest BCUT2D eigenvalue weighted by atomic mass is 10.2. The highest BCUT2D eigenvalue weighted by atomic mass is 16.5. The molecule has 0 aromatic heterocycles. The molecule has 0 aliphatic rings. The smallest absolute Gasteiger partial charge is 0.313 e. The van der Waals surface area contributed by atoms with E-state index in [2.05, 4.69) is 10.1 Å². The van der Waals surface area contributed by atoms with Gasteiger partial charge in [0.2, 0.25) is 0 Å². The van der Waals surface area contributed by atoms with Gasteiger partial charge in [0.15, 0.2) is 0 Å². The maximum absolute atomic E-state index is 11.9. The first-order valence-electron chi connectivity index (χ1n) is 6.64. The molecule has 1 rings (SSSR count). The molecular formula is C15H20N2O4. The molecule has 0 saturated heterocycles. The standard InChI is InChI=1S/C15H20N2O4/c1-11-6-8-12(9-7-11)16-14(19)15(20)17(2)10-4-5-13(18)21-3/h6-9H,4-5,10H2,1-3H3,(H,16,19). The molecule has 1 aromatic carbocycles. The maximum Gasteiger partial charge on any atom is 0.313 e. The quantitative estimate of drug-likeness (QED) is 0.656. The molecule has 0 aliphatic heterocycles. The minimum Gasteiger partial charge on any atom is -0.469 e. The molecule has 21 heavy (non-hydrogen) atoms. The summed E-state index contributed by atoms with van der Waals surface area (Å²) in [6.07, 6.45) is 0.667. The number of carbonyl (C=O) groups is 3. The summed E-state index contributed by atoms with van der Waals surface area (Å²) < 4.78 is 4.51. The van der Waals surface area contributed by atoms with Gasteiger partial charge in [-0.1, -0.05) is 17.7 Å². The molecule has 0 atom stereocenters. The Balaban J connectivity index is 2.44. The first-order valence-corrected chi connectivity index (χ1v) is 6.64. The van der Waals surface area contributed by atoms with Gasteiger partial charge in [-0.25, -0.2) is 0 Å². The van der Waals surface area contributed by atoms with Crippen molar-refractivity contribution in [1.82, 2.24) is 4.90 Å². The van der Waals surface area contributed by atoms with Crippen LogP contribution in [0.4, 0.5) is 5.69 Å². The Labute approximate surface area is 124 Å². The van der Waals surface area contributed by atoms with Crippen LogP contribution in [-0.2, 0) is 19.1 Å². The number of nitrogens with one attached hydrogen (secondary N) is 1. The zero-order valence-corrected chi connectivity index (χ0v) is 12.5. The zero-order valence-electron chi connectivity index (χ0n) is 12.5. The molecule has 0 aliphatic carbocycles. The van der Waals surface area contributed by atoms with Crippen LogP contribution in [-0.4, -0.2) is 43.4 Å². The van der Waals surface area contributed by atoms with Crippen LogP contribution >= 0.6 is 0 Å². The van der Waals surface area contributed by atoms with Gasteiger partial charge in [-0.3, -0.25) is 14.4 Å². The van der Waals surface area contributed by atoms with Crippen molar-refractivity contribution in [2.45, 2.75) is 19.8 Å². The third kappa shape index (κ3) is 5.64. The molecule has 0 radical (unpaired) electrons. The van der Waals surface area contributed by atoms with E-state index in [-0.39, 0.29) is 12.4 Å². The molecule has 2 amide bonds. The van der Waals surface area contributed by atoms with E-state index in [9.17, 15) is 14.4 Å². The first-order chi connectivity index (χ1) is 9.93. The van der Waals surface area contributed by atoms with E-state index in [0.29, 0.717) is 18.7 Å². The monoisotopic (exact) mass is 292 g/mol. The van der Waals surface area contributed by atoms with Crippen molar-refractivity contribution in [2.75, 3.05) is 26.0 Å². The summed E-state index contributed by atoms with van der Waals surface area (Å²) in [6, 6.07) is 7.16. The summed E-state index contributed by atoms with van der Waals surface area (Å²) >= 11 is 0. The van der Waals surface area contributed by atoms with Gasteiger partial charge in [0, 0.05) is 25.7 Å². The third-order valence-electron chi connectivity index (χ3n) is 2.95. The summed E-state index contributed by atoms with van der Waals surface area (Å²) in [7, 11) is 2.83. The van der Waals surface area contributed by atoms with Crippen molar-refractivity contribution < 1.29 is 19.1 Å². The number of rotatable bonds is 5. The topological polar surface area (TPSA) is 75.7 Å². The molecule has 6 nitrogen and oxygen atoms in total. The van der Waals surface area contributed by atoms with Crippen LogP contribution in [0.1, 0.15) is 18.4 Å². The largest absolute Gasteiger partial charge is 0.469 e. The number of hydrogen-bond donors (Lipinski definition) is 1. The Morgan fingerprint density at radius 1 is 1.19 bits per heavy atom. The van der Waals surface area contributed by atoms with Crippen molar-refractivity contribution in [1.29, 1.82) is 0 Å². The lowest BCUT2D eigenvalue weighted by molar-refractivity contribution is -0.143. The first kappa shape index (κ1) is 16.7. The summed E-state index contributed by atoms with van der Waals surface area (Å²) in [6.45, 7) is 2.25. The average molecular weight is 292 g/mol.